The van der Waals surface area contributed by atoms with Gasteiger partial charge in [0.2, 0.25) is 0 Å². The normalized spacial score (nSPS) is 8.44. The van der Waals surface area contributed by atoms with Gasteiger partial charge in [0.05, 0.1) is 0 Å². The Labute approximate surface area is 111 Å². The minimum atomic E-state index is 1.13. The third-order valence-electron chi connectivity index (χ3n) is 2.39. The van der Waals surface area contributed by atoms with Gasteiger partial charge in [-0.3, -0.25) is 0 Å². The molecule has 0 saturated carbocycles. The summed E-state index contributed by atoms with van der Waals surface area (Å²) in [5.41, 5.74) is 11.8. The maximum absolute atomic E-state index is 4.50. The van der Waals surface area contributed by atoms with Gasteiger partial charge in [0.1, 0.15) is 0 Å². The summed E-state index contributed by atoms with van der Waals surface area (Å²) >= 11 is 0. The lowest BCUT2D eigenvalue weighted by molar-refractivity contribution is 0.960. The lowest BCUT2D eigenvalue weighted by Crippen LogP contribution is -1.89. The SMILES string of the molecule is CN.CN.c1ccc(CCc2ccccc2)cc1. The third kappa shape index (κ3) is 6.84. The molecule has 0 aliphatic carbocycles. The average Bonchev–Trinajstić information content (AvgIpc) is 2.51. The summed E-state index contributed by atoms with van der Waals surface area (Å²) in [4.78, 5) is 0. The Hall–Kier alpha value is -1.64. The predicted molar refractivity (Wildman–Crippen MR) is 80.5 cm³/mol. The Kier molecular flexibility index (Phi) is 10.8. The molecule has 98 valence electrons. The van der Waals surface area contributed by atoms with Crippen molar-refractivity contribution in [1.82, 2.24) is 0 Å². The first-order valence-corrected chi connectivity index (χ1v) is 6.18. The van der Waals surface area contributed by atoms with Crippen molar-refractivity contribution in [3.05, 3.63) is 71.8 Å². The summed E-state index contributed by atoms with van der Waals surface area (Å²) in [6.45, 7) is 0. The zero-order valence-electron chi connectivity index (χ0n) is 11.3. The van der Waals surface area contributed by atoms with E-state index in [0.29, 0.717) is 0 Å². The summed E-state index contributed by atoms with van der Waals surface area (Å²) in [6.07, 6.45) is 2.26. The highest BCUT2D eigenvalue weighted by molar-refractivity contribution is 5.19. The van der Waals surface area contributed by atoms with E-state index in [1.165, 1.54) is 25.2 Å². The van der Waals surface area contributed by atoms with Crippen molar-refractivity contribution in [3.8, 4) is 0 Å². The van der Waals surface area contributed by atoms with Gasteiger partial charge in [0.15, 0.2) is 0 Å². The second kappa shape index (κ2) is 11.8. The maximum Gasteiger partial charge on any atom is -0.0195 e. The van der Waals surface area contributed by atoms with Crippen LogP contribution in [0.3, 0.4) is 0 Å². The Morgan fingerprint density at radius 2 is 0.833 bits per heavy atom. The average molecular weight is 244 g/mol. The van der Waals surface area contributed by atoms with Crippen LogP contribution in [-0.4, -0.2) is 14.1 Å². The van der Waals surface area contributed by atoms with Crippen LogP contribution in [0, 0.1) is 0 Å². The van der Waals surface area contributed by atoms with E-state index in [2.05, 4.69) is 72.1 Å². The van der Waals surface area contributed by atoms with Gasteiger partial charge in [0.25, 0.3) is 0 Å². The van der Waals surface area contributed by atoms with Gasteiger partial charge in [-0.15, -0.1) is 0 Å². The van der Waals surface area contributed by atoms with E-state index in [0.717, 1.165) is 12.8 Å². The molecule has 0 fully saturated rings. The quantitative estimate of drug-likeness (QED) is 0.872. The van der Waals surface area contributed by atoms with Gasteiger partial charge in [0, 0.05) is 0 Å². The van der Waals surface area contributed by atoms with Crippen LogP contribution in [0.2, 0.25) is 0 Å². The van der Waals surface area contributed by atoms with Crippen molar-refractivity contribution in [3.63, 3.8) is 0 Å². The molecule has 18 heavy (non-hydrogen) atoms. The van der Waals surface area contributed by atoms with Crippen molar-refractivity contribution in [1.29, 1.82) is 0 Å². The fourth-order valence-electron chi connectivity index (χ4n) is 1.58. The maximum atomic E-state index is 4.50. The smallest absolute Gasteiger partial charge is 0.0195 e. The summed E-state index contributed by atoms with van der Waals surface area (Å²) in [6, 6.07) is 21.2. The molecule has 2 aromatic rings. The van der Waals surface area contributed by atoms with Gasteiger partial charge in [-0.2, -0.15) is 0 Å². The third-order valence-corrected chi connectivity index (χ3v) is 2.39. The van der Waals surface area contributed by atoms with Gasteiger partial charge >= 0.3 is 0 Å². The molecule has 0 atom stereocenters. The van der Waals surface area contributed by atoms with Crippen molar-refractivity contribution < 1.29 is 0 Å². The van der Waals surface area contributed by atoms with Crippen LogP contribution in [-0.2, 0) is 12.8 Å². The van der Waals surface area contributed by atoms with Crippen molar-refractivity contribution in [2.45, 2.75) is 12.8 Å². The molecule has 2 heteroatoms. The molecule has 0 aromatic heterocycles. The molecule has 0 spiro atoms. The number of hydrogen-bond donors (Lipinski definition) is 2. The Balaban J connectivity index is 0.000000659. The zero-order valence-corrected chi connectivity index (χ0v) is 11.3. The summed E-state index contributed by atoms with van der Waals surface area (Å²) in [7, 11) is 3.00. The van der Waals surface area contributed by atoms with Gasteiger partial charge in [-0.05, 0) is 38.1 Å². The fraction of sp³-hybridized carbons (Fsp3) is 0.250. The van der Waals surface area contributed by atoms with Crippen LogP contribution in [0.1, 0.15) is 11.1 Å². The largest absolute Gasteiger partial charge is 0.333 e. The molecule has 0 saturated heterocycles. The molecule has 0 heterocycles. The molecule has 0 unspecified atom stereocenters. The van der Waals surface area contributed by atoms with Crippen LogP contribution >= 0.6 is 0 Å². The van der Waals surface area contributed by atoms with E-state index in [4.69, 9.17) is 0 Å². The molecule has 0 aliphatic heterocycles. The monoisotopic (exact) mass is 244 g/mol. The predicted octanol–water partition coefficient (Wildman–Crippen LogP) is 2.62. The minimum Gasteiger partial charge on any atom is -0.333 e. The van der Waals surface area contributed by atoms with Crippen LogP contribution in [0.15, 0.2) is 60.7 Å². The highest BCUT2D eigenvalue weighted by Gasteiger charge is 1.93. The van der Waals surface area contributed by atoms with E-state index in [1.807, 2.05) is 0 Å². The Bertz CT molecular complexity index is 331. The minimum absolute atomic E-state index is 1.13. The molecule has 0 radical (unpaired) electrons. The second-order valence-corrected chi connectivity index (χ2v) is 3.47. The highest BCUT2D eigenvalue weighted by Crippen LogP contribution is 2.06. The number of aryl methyl sites for hydroxylation is 2. The highest BCUT2D eigenvalue weighted by atomic mass is 14.4. The molecule has 4 N–H and O–H groups in total. The van der Waals surface area contributed by atoms with E-state index in [9.17, 15) is 0 Å². The topological polar surface area (TPSA) is 52.0 Å². The Morgan fingerprint density at radius 1 is 0.556 bits per heavy atom. The summed E-state index contributed by atoms with van der Waals surface area (Å²) < 4.78 is 0. The molecule has 0 amide bonds. The first-order chi connectivity index (χ1) is 8.95. The lowest BCUT2D eigenvalue weighted by atomic mass is 10.0. The van der Waals surface area contributed by atoms with E-state index in [1.54, 1.807) is 0 Å². The molecule has 2 nitrogen and oxygen atoms in total. The van der Waals surface area contributed by atoms with E-state index < -0.39 is 0 Å². The van der Waals surface area contributed by atoms with Crippen LogP contribution in [0.5, 0.6) is 0 Å². The fourth-order valence-corrected chi connectivity index (χ4v) is 1.58. The first kappa shape index (κ1) is 16.4. The van der Waals surface area contributed by atoms with E-state index >= 15 is 0 Å². The van der Waals surface area contributed by atoms with Crippen molar-refractivity contribution in [2.75, 3.05) is 14.1 Å². The summed E-state index contributed by atoms with van der Waals surface area (Å²) in [5, 5.41) is 0. The molecular formula is C16H24N2. The Morgan fingerprint density at radius 3 is 1.11 bits per heavy atom. The lowest BCUT2D eigenvalue weighted by Gasteiger charge is -2.01. The molecule has 2 aromatic carbocycles. The van der Waals surface area contributed by atoms with Gasteiger partial charge in [-0.25, -0.2) is 0 Å². The van der Waals surface area contributed by atoms with Crippen molar-refractivity contribution >= 4 is 0 Å². The van der Waals surface area contributed by atoms with Crippen molar-refractivity contribution in [2.24, 2.45) is 11.5 Å². The number of benzene rings is 2. The number of rotatable bonds is 3. The van der Waals surface area contributed by atoms with Crippen LogP contribution in [0.4, 0.5) is 0 Å². The molecular weight excluding hydrogens is 220 g/mol. The van der Waals surface area contributed by atoms with Crippen LogP contribution in [0.25, 0.3) is 0 Å². The number of hydrogen-bond acceptors (Lipinski definition) is 2. The van der Waals surface area contributed by atoms with Crippen LogP contribution < -0.4 is 11.5 Å². The standard InChI is InChI=1S/C14H14.2CH5N/c1-3-7-13(8-4-1)11-12-14-9-5-2-6-10-14;2*1-2/h1-10H,11-12H2;2*2H2,1H3. The number of nitrogens with two attached hydrogens (primary N) is 2. The molecule has 2 rings (SSSR count). The first-order valence-electron chi connectivity index (χ1n) is 6.18. The van der Waals surface area contributed by atoms with E-state index in [-0.39, 0.29) is 0 Å². The zero-order chi connectivity index (χ0) is 13.6. The summed E-state index contributed by atoms with van der Waals surface area (Å²) in [5.74, 6) is 0. The molecule has 0 bridgehead atoms. The molecule has 0 aliphatic rings. The van der Waals surface area contributed by atoms with Gasteiger partial charge in [-0.1, -0.05) is 60.7 Å². The van der Waals surface area contributed by atoms with Gasteiger partial charge < -0.3 is 11.5 Å². The second-order valence-electron chi connectivity index (χ2n) is 3.47.